The summed E-state index contributed by atoms with van der Waals surface area (Å²) < 4.78 is 5.91. The molecule has 0 aromatic heterocycles. The standard InChI is InChI=1S/C16H21NO2S/c18-16(12-20-11-13-6-7-13)17-9-8-15(10-17)19-14-4-2-1-3-5-14/h1-5,13,15H,6-12H2/t15-/m0/s1. The number of likely N-dealkylation sites (tertiary alicyclic amines) is 1. The highest BCUT2D eigenvalue weighted by Gasteiger charge is 2.28. The molecule has 1 heterocycles. The second-order valence-corrected chi connectivity index (χ2v) is 6.67. The van der Waals surface area contributed by atoms with Gasteiger partial charge in [-0.25, -0.2) is 0 Å². The number of carbonyl (C=O) groups is 1. The Morgan fingerprint density at radius 1 is 1.25 bits per heavy atom. The molecule has 3 nitrogen and oxygen atoms in total. The van der Waals surface area contributed by atoms with Gasteiger partial charge in [-0.05, 0) is 36.6 Å². The molecule has 20 heavy (non-hydrogen) atoms. The van der Waals surface area contributed by atoms with Gasteiger partial charge in [0.1, 0.15) is 11.9 Å². The lowest BCUT2D eigenvalue weighted by atomic mass is 10.3. The van der Waals surface area contributed by atoms with Crippen LogP contribution in [-0.4, -0.2) is 41.5 Å². The van der Waals surface area contributed by atoms with Crippen LogP contribution in [0.25, 0.3) is 0 Å². The monoisotopic (exact) mass is 291 g/mol. The molecule has 0 bridgehead atoms. The molecule has 1 saturated carbocycles. The van der Waals surface area contributed by atoms with Crippen LogP contribution in [0.3, 0.4) is 0 Å². The number of ether oxygens (including phenoxy) is 1. The third kappa shape index (κ3) is 3.92. The Hall–Kier alpha value is -1.16. The highest BCUT2D eigenvalue weighted by atomic mass is 32.2. The van der Waals surface area contributed by atoms with Crippen molar-refractivity contribution in [1.29, 1.82) is 0 Å². The molecule has 1 aliphatic carbocycles. The normalized spacial score (nSPS) is 22.0. The summed E-state index contributed by atoms with van der Waals surface area (Å²) in [4.78, 5) is 14.0. The lowest BCUT2D eigenvalue weighted by molar-refractivity contribution is -0.127. The second kappa shape index (κ2) is 6.53. The van der Waals surface area contributed by atoms with Crippen LogP contribution in [0.2, 0.25) is 0 Å². The summed E-state index contributed by atoms with van der Waals surface area (Å²) in [6, 6.07) is 9.86. The molecule has 4 heteroatoms. The van der Waals surface area contributed by atoms with Gasteiger partial charge in [0, 0.05) is 13.0 Å². The number of carbonyl (C=O) groups excluding carboxylic acids is 1. The largest absolute Gasteiger partial charge is 0.489 e. The molecule has 0 N–H and O–H groups in total. The van der Waals surface area contributed by atoms with E-state index in [0.717, 1.165) is 36.9 Å². The van der Waals surface area contributed by atoms with Crippen LogP contribution in [0.15, 0.2) is 30.3 Å². The number of hydrogen-bond donors (Lipinski definition) is 0. The van der Waals surface area contributed by atoms with E-state index in [1.807, 2.05) is 35.2 Å². The zero-order valence-electron chi connectivity index (χ0n) is 11.7. The van der Waals surface area contributed by atoms with Crippen LogP contribution < -0.4 is 4.74 Å². The quantitative estimate of drug-likeness (QED) is 0.807. The third-order valence-electron chi connectivity index (χ3n) is 3.82. The first-order valence-corrected chi connectivity index (χ1v) is 8.54. The van der Waals surface area contributed by atoms with E-state index in [1.165, 1.54) is 12.8 Å². The van der Waals surface area contributed by atoms with Gasteiger partial charge in [0.2, 0.25) is 5.91 Å². The maximum absolute atomic E-state index is 12.1. The molecule has 3 rings (SSSR count). The van der Waals surface area contributed by atoms with Crippen molar-refractivity contribution in [3.63, 3.8) is 0 Å². The lowest BCUT2D eigenvalue weighted by Crippen LogP contribution is -2.32. The fourth-order valence-corrected chi connectivity index (χ4v) is 3.57. The van der Waals surface area contributed by atoms with Crippen molar-refractivity contribution in [2.75, 3.05) is 24.6 Å². The van der Waals surface area contributed by atoms with Gasteiger partial charge >= 0.3 is 0 Å². The van der Waals surface area contributed by atoms with Crippen molar-refractivity contribution in [3.05, 3.63) is 30.3 Å². The summed E-state index contributed by atoms with van der Waals surface area (Å²) in [5.74, 6) is 3.85. The molecule has 1 aromatic carbocycles. The molecule has 1 aromatic rings. The minimum absolute atomic E-state index is 0.148. The Labute approximate surface area is 124 Å². The van der Waals surface area contributed by atoms with E-state index in [2.05, 4.69) is 0 Å². The Balaban J connectivity index is 1.40. The van der Waals surface area contributed by atoms with Gasteiger partial charge in [0.25, 0.3) is 0 Å². The van der Waals surface area contributed by atoms with E-state index in [4.69, 9.17) is 4.74 Å². The average Bonchev–Trinajstić information content (AvgIpc) is 3.17. The summed E-state index contributed by atoms with van der Waals surface area (Å²) in [6.07, 6.45) is 3.80. The minimum atomic E-state index is 0.148. The van der Waals surface area contributed by atoms with Crippen LogP contribution in [0.5, 0.6) is 5.75 Å². The molecule has 0 unspecified atom stereocenters. The number of rotatable bonds is 6. The zero-order valence-corrected chi connectivity index (χ0v) is 12.5. The summed E-state index contributed by atoms with van der Waals surface area (Å²) in [7, 11) is 0. The molecule has 1 amide bonds. The van der Waals surface area contributed by atoms with Gasteiger partial charge in [-0.3, -0.25) is 4.79 Å². The molecule has 0 radical (unpaired) electrons. The van der Waals surface area contributed by atoms with E-state index in [1.54, 1.807) is 11.8 Å². The molecule has 1 atom stereocenters. The predicted molar refractivity (Wildman–Crippen MR) is 82.1 cm³/mol. The van der Waals surface area contributed by atoms with Crippen LogP contribution in [-0.2, 0) is 4.79 Å². The summed E-state index contributed by atoms with van der Waals surface area (Å²) in [5, 5.41) is 0. The average molecular weight is 291 g/mol. The second-order valence-electron chi connectivity index (χ2n) is 5.64. The van der Waals surface area contributed by atoms with E-state index in [9.17, 15) is 4.79 Å². The van der Waals surface area contributed by atoms with Gasteiger partial charge in [0.15, 0.2) is 0 Å². The van der Waals surface area contributed by atoms with Gasteiger partial charge in [0.05, 0.1) is 12.3 Å². The first-order chi connectivity index (χ1) is 9.81. The van der Waals surface area contributed by atoms with Crippen LogP contribution in [0.4, 0.5) is 0 Å². The van der Waals surface area contributed by atoms with E-state index >= 15 is 0 Å². The van der Waals surface area contributed by atoms with Crippen molar-refractivity contribution in [3.8, 4) is 5.75 Å². The first-order valence-electron chi connectivity index (χ1n) is 7.38. The van der Waals surface area contributed by atoms with E-state index in [0.29, 0.717) is 5.75 Å². The van der Waals surface area contributed by atoms with Gasteiger partial charge in [-0.1, -0.05) is 18.2 Å². The number of amides is 1. The Morgan fingerprint density at radius 3 is 2.80 bits per heavy atom. The van der Waals surface area contributed by atoms with Crippen molar-refractivity contribution < 1.29 is 9.53 Å². The molecule has 2 fully saturated rings. The van der Waals surface area contributed by atoms with Crippen molar-refractivity contribution in [2.45, 2.75) is 25.4 Å². The first kappa shape index (κ1) is 13.8. The molecule has 1 aliphatic heterocycles. The fraction of sp³-hybridized carbons (Fsp3) is 0.562. The van der Waals surface area contributed by atoms with Crippen molar-refractivity contribution in [2.24, 2.45) is 5.92 Å². The molecule has 2 aliphatic rings. The maximum atomic E-state index is 12.1. The number of nitrogens with zero attached hydrogens (tertiary/aromatic N) is 1. The molecule has 1 saturated heterocycles. The fourth-order valence-electron chi connectivity index (χ4n) is 2.43. The Bertz CT molecular complexity index is 447. The van der Waals surface area contributed by atoms with Crippen LogP contribution in [0, 0.1) is 5.92 Å². The Morgan fingerprint density at radius 2 is 2.05 bits per heavy atom. The lowest BCUT2D eigenvalue weighted by Gasteiger charge is -2.17. The van der Waals surface area contributed by atoms with E-state index < -0.39 is 0 Å². The number of para-hydroxylation sites is 1. The Kier molecular flexibility index (Phi) is 4.51. The van der Waals surface area contributed by atoms with Gasteiger partial charge in [-0.2, -0.15) is 11.8 Å². The van der Waals surface area contributed by atoms with Crippen LogP contribution >= 0.6 is 11.8 Å². The highest BCUT2D eigenvalue weighted by molar-refractivity contribution is 7.99. The molecular weight excluding hydrogens is 270 g/mol. The zero-order chi connectivity index (χ0) is 13.8. The summed E-state index contributed by atoms with van der Waals surface area (Å²) in [6.45, 7) is 1.57. The molecular formula is C16H21NO2S. The summed E-state index contributed by atoms with van der Waals surface area (Å²) in [5.41, 5.74) is 0. The summed E-state index contributed by atoms with van der Waals surface area (Å²) >= 11 is 1.79. The topological polar surface area (TPSA) is 29.5 Å². The van der Waals surface area contributed by atoms with Gasteiger partial charge in [-0.15, -0.1) is 0 Å². The maximum Gasteiger partial charge on any atom is 0.232 e. The molecule has 108 valence electrons. The van der Waals surface area contributed by atoms with Crippen molar-refractivity contribution >= 4 is 17.7 Å². The predicted octanol–water partition coefficient (Wildman–Crippen LogP) is 2.81. The highest BCUT2D eigenvalue weighted by Crippen LogP contribution is 2.32. The number of hydrogen-bond acceptors (Lipinski definition) is 3. The van der Waals surface area contributed by atoms with Crippen LogP contribution in [0.1, 0.15) is 19.3 Å². The molecule has 0 spiro atoms. The van der Waals surface area contributed by atoms with E-state index in [-0.39, 0.29) is 12.0 Å². The number of benzene rings is 1. The van der Waals surface area contributed by atoms with Gasteiger partial charge < -0.3 is 9.64 Å². The smallest absolute Gasteiger partial charge is 0.232 e. The van der Waals surface area contributed by atoms with Crippen molar-refractivity contribution in [1.82, 2.24) is 4.90 Å². The number of thioether (sulfide) groups is 1. The SMILES string of the molecule is O=C(CSCC1CC1)N1CC[C@H](Oc2ccccc2)C1. The third-order valence-corrected chi connectivity index (χ3v) is 4.98. The minimum Gasteiger partial charge on any atom is -0.489 e.